The summed E-state index contributed by atoms with van der Waals surface area (Å²) in [4.78, 5) is 22.2. The van der Waals surface area contributed by atoms with Gasteiger partial charge in [-0.15, -0.1) is 0 Å². The van der Waals surface area contributed by atoms with Crippen molar-refractivity contribution in [1.29, 1.82) is 0 Å². The molecule has 1 aliphatic heterocycles. The van der Waals surface area contributed by atoms with Gasteiger partial charge in [-0.2, -0.15) is 0 Å². The third-order valence-corrected chi connectivity index (χ3v) is 3.06. The van der Waals surface area contributed by atoms with Crippen molar-refractivity contribution >= 4 is 11.7 Å². The standard InChI is InChI=1S/C10H13NO2/c1-10-4-2-7(12)6-8(10)11-9(13)3-5-10/h6H,2-5H2,1H3,(H,11,13). The van der Waals surface area contributed by atoms with Gasteiger partial charge in [0.1, 0.15) is 0 Å². The quantitative estimate of drug-likeness (QED) is 0.606. The van der Waals surface area contributed by atoms with E-state index in [2.05, 4.69) is 12.2 Å². The van der Waals surface area contributed by atoms with E-state index in [1.165, 1.54) is 0 Å². The van der Waals surface area contributed by atoms with Crippen molar-refractivity contribution in [3.8, 4) is 0 Å². The normalized spacial score (nSPS) is 33.5. The Kier molecular flexibility index (Phi) is 1.75. The number of rotatable bonds is 0. The smallest absolute Gasteiger partial charge is 0.224 e. The molecule has 1 amide bonds. The molecule has 70 valence electrons. The lowest BCUT2D eigenvalue weighted by Crippen LogP contribution is -2.41. The first-order valence-corrected chi connectivity index (χ1v) is 4.65. The van der Waals surface area contributed by atoms with Gasteiger partial charge in [-0.1, -0.05) is 6.92 Å². The summed E-state index contributed by atoms with van der Waals surface area (Å²) in [5.41, 5.74) is 0.877. The molecule has 0 bridgehead atoms. The second-order valence-electron chi connectivity index (χ2n) is 4.13. The molecule has 1 aliphatic carbocycles. The molecular formula is C10H13NO2. The van der Waals surface area contributed by atoms with Crippen LogP contribution in [0.4, 0.5) is 0 Å². The lowest BCUT2D eigenvalue weighted by Gasteiger charge is -2.38. The molecule has 1 N–H and O–H groups in total. The SMILES string of the molecule is CC12CCC(=O)C=C1NC(=O)CC2. The molecule has 3 nitrogen and oxygen atoms in total. The summed E-state index contributed by atoms with van der Waals surface area (Å²) in [5.74, 6) is 0.174. The van der Waals surface area contributed by atoms with Crippen molar-refractivity contribution in [3.63, 3.8) is 0 Å². The second kappa shape index (κ2) is 2.69. The molecule has 1 fully saturated rings. The number of hydrogen-bond donors (Lipinski definition) is 1. The Balaban J connectivity index is 2.32. The molecule has 0 aromatic heterocycles. The van der Waals surface area contributed by atoms with Crippen molar-refractivity contribution in [2.24, 2.45) is 5.41 Å². The van der Waals surface area contributed by atoms with Crippen LogP contribution in [0.5, 0.6) is 0 Å². The minimum absolute atomic E-state index is 0.0402. The Labute approximate surface area is 77.2 Å². The first kappa shape index (κ1) is 8.48. The summed E-state index contributed by atoms with van der Waals surface area (Å²) < 4.78 is 0. The van der Waals surface area contributed by atoms with Crippen LogP contribution in [0.15, 0.2) is 11.8 Å². The van der Waals surface area contributed by atoms with Crippen LogP contribution >= 0.6 is 0 Å². The third-order valence-electron chi connectivity index (χ3n) is 3.06. The number of nitrogens with one attached hydrogen (secondary N) is 1. The van der Waals surface area contributed by atoms with Crippen LogP contribution in [0, 0.1) is 5.41 Å². The number of allylic oxidation sites excluding steroid dienone is 2. The molecule has 2 rings (SSSR count). The number of ketones is 1. The maximum Gasteiger partial charge on any atom is 0.224 e. The Morgan fingerprint density at radius 3 is 2.77 bits per heavy atom. The van der Waals surface area contributed by atoms with E-state index in [0.29, 0.717) is 12.8 Å². The molecule has 2 aliphatic rings. The Morgan fingerprint density at radius 1 is 1.31 bits per heavy atom. The van der Waals surface area contributed by atoms with Crippen LogP contribution in [0.2, 0.25) is 0 Å². The summed E-state index contributed by atoms with van der Waals surface area (Å²) >= 11 is 0. The second-order valence-corrected chi connectivity index (χ2v) is 4.13. The highest BCUT2D eigenvalue weighted by Crippen LogP contribution is 2.41. The van der Waals surface area contributed by atoms with Crippen LogP contribution in [-0.4, -0.2) is 11.7 Å². The Bertz CT molecular complexity index is 306. The lowest BCUT2D eigenvalue weighted by molar-refractivity contribution is -0.123. The van der Waals surface area contributed by atoms with Crippen molar-refractivity contribution in [2.75, 3.05) is 0 Å². The van der Waals surface area contributed by atoms with Gasteiger partial charge < -0.3 is 5.32 Å². The van der Waals surface area contributed by atoms with Gasteiger partial charge in [0, 0.05) is 30.0 Å². The number of fused-ring (bicyclic) bond motifs is 1. The predicted molar refractivity (Wildman–Crippen MR) is 47.8 cm³/mol. The van der Waals surface area contributed by atoms with Gasteiger partial charge in [0.15, 0.2) is 5.78 Å². The topological polar surface area (TPSA) is 46.2 Å². The average molecular weight is 179 g/mol. The number of piperidine rings is 1. The minimum Gasteiger partial charge on any atom is -0.329 e. The van der Waals surface area contributed by atoms with Gasteiger partial charge in [0.2, 0.25) is 5.91 Å². The number of hydrogen-bond acceptors (Lipinski definition) is 2. The first-order chi connectivity index (χ1) is 6.10. The highest BCUT2D eigenvalue weighted by atomic mass is 16.1. The summed E-state index contributed by atoms with van der Waals surface area (Å²) in [5, 5.41) is 2.79. The first-order valence-electron chi connectivity index (χ1n) is 4.65. The zero-order valence-corrected chi connectivity index (χ0v) is 7.72. The van der Waals surface area contributed by atoms with Gasteiger partial charge in [-0.3, -0.25) is 9.59 Å². The zero-order chi connectivity index (χ0) is 9.47. The lowest BCUT2D eigenvalue weighted by atomic mass is 9.72. The van der Waals surface area contributed by atoms with Gasteiger partial charge in [-0.05, 0) is 12.8 Å². The Hall–Kier alpha value is -1.12. The van der Waals surface area contributed by atoms with E-state index < -0.39 is 0 Å². The van der Waals surface area contributed by atoms with Crippen LogP contribution in [0.1, 0.15) is 32.6 Å². The highest BCUT2D eigenvalue weighted by molar-refractivity contribution is 5.93. The fourth-order valence-corrected chi connectivity index (χ4v) is 1.99. The van der Waals surface area contributed by atoms with Crippen molar-refractivity contribution in [2.45, 2.75) is 32.6 Å². The van der Waals surface area contributed by atoms with Crippen molar-refractivity contribution < 1.29 is 9.59 Å². The van der Waals surface area contributed by atoms with E-state index >= 15 is 0 Å². The molecule has 3 heteroatoms. The molecule has 0 saturated carbocycles. The average Bonchev–Trinajstić information content (AvgIpc) is 2.08. The van der Waals surface area contributed by atoms with Crippen LogP contribution in [0.25, 0.3) is 0 Å². The summed E-state index contributed by atoms with van der Waals surface area (Å²) in [6, 6.07) is 0. The van der Waals surface area contributed by atoms with Crippen LogP contribution in [0.3, 0.4) is 0 Å². The molecule has 1 atom stereocenters. The molecule has 0 aromatic carbocycles. The number of carbonyl (C=O) groups excluding carboxylic acids is 2. The molecule has 1 saturated heterocycles. The molecule has 13 heavy (non-hydrogen) atoms. The minimum atomic E-state index is 0.0402. The third kappa shape index (κ3) is 1.39. The van der Waals surface area contributed by atoms with E-state index in [-0.39, 0.29) is 17.1 Å². The molecule has 1 unspecified atom stereocenters. The summed E-state index contributed by atoms with van der Waals surface area (Å²) in [6.07, 6.45) is 4.55. The molecule has 0 radical (unpaired) electrons. The van der Waals surface area contributed by atoms with E-state index in [0.717, 1.165) is 18.5 Å². The maximum atomic E-state index is 11.1. The van der Waals surface area contributed by atoms with Gasteiger partial charge in [-0.25, -0.2) is 0 Å². The van der Waals surface area contributed by atoms with E-state index in [4.69, 9.17) is 0 Å². The molecule has 1 heterocycles. The van der Waals surface area contributed by atoms with Gasteiger partial charge >= 0.3 is 0 Å². The molecule has 0 aromatic rings. The fraction of sp³-hybridized carbons (Fsp3) is 0.600. The van der Waals surface area contributed by atoms with E-state index in [1.54, 1.807) is 6.08 Å². The summed E-state index contributed by atoms with van der Waals surface area (Å²) in [7, 11) is 0. The largest absolute Gasteiger partial charge is 0.329 e. The van der Waals surface area contributed by atoms with E-state index in [9.17, 15) is 9.59 Å². The van der Waals surface area contributed by atoms with Gasteiger partial charge in [0.05, 0.1) is 0 Å². The fourth-order valence-electron chi connectivity index (χ4n) is 1.99. The monoisotopic (exact) mass is 179 g/mol. The number of carbonyl (C=O) groups is 2. The maximum absolute atomic E-state index is 11.1. The van der Waals surface area contributed by atoms with E-state index in [1.807, 2.05) is 0 Å². The number of amides is 1. The van der Waals surface area contributed by atoms with Crippen LogP contribution in [-0.2, 0) is 9.59 Å². The Morgan fingerprint density at radius 2 is 2.00 bits per heavy atom. The van der Waals surface area contributed by atoms with Gasteiger partial charge in [0.25, 0.3) is 0 Å². The summed E-state index contributed by atoms with van der Waals surface area (Å²) in [6.45, 7) is 2.12. The van der Waals surface area contributed by atoms with Crippen LogP contribution < -0.4 is 5.32 Å². The zero-order valence-electron chi connectivity index (χ0n) is 7.72. The van der Waals surface area contributed by atoms with Crippen molar-refractivity contribution in [3.05, 3.63) is 11.8 Å². The molecular weight excluding hydrogens is 166 g/mol. The highest BCUT2D eigenvalue weighted by Gasteiger charge is 2.37. The van der Waals surface area contributed by atoms with Crippen molar-refractivity contribution in [1.82, 2.24) is 5.32 Å². The predicted octanol–water partition coefficient (Wildman–Crippen LogP) is 1.15. The molecule has 0 spiro atoms.